The molecule has 0 atom stereocenters. The monoisotopic (exact) mass is 237 g/mol. The summed E-state index contributed by atoms with van der Waals surface area (Å²) in [5, 5.41) is 0.993. The summed E-state index contributed by atoms with van der Waals surface area (Å²) in [6.45, 7) is 4.20. The minimum atomic E-state index is 0.497. The standard InChI is InChI=1S/C12H12ClNS/c1-8-5-3-4-6-10(8)12-9(2)15-11(7-13)14-12/h3-6H,7H2,1-2H3. The van der Waals surface area contributed by atoms with Crippen molar-refractivity contribution < 1.29 is 0 Å². The normalized spacial score (nSPS) is 10.6. The molecule has 0 amide bonds. The second kappa shape index (κ2) is 4.33. The number of hydrogen-bond donors (Lipinski definition) is 0. The van der Waals surface area contributed by atoms with Gasteiger partial charge in [-0.2, -0.15) is 0 Å². The molecule has 0 N–H and O–H groups in total. The largest absolute Gasteiger partial charge is 0.240 e. The van der Waals surface area contributed by atoms with Crippen LogP contribution in [0, 0.1) is 13.8 Å². The van der Waals surface area contributed by atoms with Crippen LogP contribution < -0.4 is 0 Å². The van der Waals surface area contributed by atoms with E-state index in [-0.39, 0.29) is 0 Å². The quantitative estimate of drug-likeness (QED) is 0.715. The second-order valence-electron chi connectivity index (χ2n) is 3.46. The zero-order valence-electron chi connectivity index (χ0n) is 8.75. The molecule has 0 unspecified atom stereocenters. The number of halogens is 1. The fourth-order valence-corrected chi connectivity index (χ4v) is 2.62. The van der Waals surface area contributed by atoms with E-state index < -0.39 is 0 Å². The molecule has 15 heavy (non-hydrogen) atoms. The highest BCUT2D eigenvalue weighted by atomic mass is 35.5. The van der Waals surface area contributed by atoms with Crippen LogP contribution in [0.4, 0.5) is 0 Å². The van der Waals surface area contributed by atoms with Crippen molar-refractivity contribution in [2.24, 2.45) is 0 Å². The third-order valence-corrected chi connectivity index (χ3v) is 3.74. The van der Waals surface area contributed by atoms with Gasteiger partial charge in [-0.05, 0) is 19.4 Å². The third kappa shape index (κ3) is 2.06. The molecule has 0 fully saturated rings. The van der Waals surface area contributed by atoms with Gasteiger partial charge in [-0.15, -0.1) is 22.9 Å². The maximum atomic E-state index is 5.79. The highest BCUT2D eigenvalue weighted by Crippen LogP contribution is 2.30. The van der Waals surface area contributed by atoms with Crippen molar-refractivity contribution in [3.05, 3.63) is 39.7 Å². The van der Waals surface area contributed by atoms with Crippen LogP contribution in [0.15, 0.2) is 24.3 Å². The zero-order valence-corrected chi connectivity index (χ0v) is 10.3. The number of hydrogen-bond acceptors (Lipinski definition) is 2. The predicted octanol–water partition coefficient (Wildman–Crippen LogP) is 4.17. The Morgan fingerprint density at radius 1 is 1.27 bits per heavy atom. The molecular weight excluding hydrogens is 226 g/mol. The van der Waals surface area contributed by atoms with Crippen molar-refractivity contribution in [1.82, 2.24) is 4.98 Å². The van der Waals surface area contributed by atoms with E-state index in [1.54, 1.807) is 11.3 Å². The van der Waals surface area contributed by atoms with Crippen molar-refractivity contribution >= 4 is 22.9 Å². The topological polar surface area (TPSA) is 12.9 Å². The lowest BCUT2D eigenvalue weighted by molar-refractivity contribution is 1.24. The average molecular weight is 238 g/mol. The highest BCUT2D eigenvalue weighted by Gasteiger charge is 2.10. The van der Waals surface area contributed by atoms with E-state index in [1.807, 2.05) is 12.1 Å². The highest BCUT2D eigenvalue weighted by molar-refractivity contribution is 7.12. The van der Waals surface area contributed by atoms with Crippen molar-refractivity contribution in [3.8, 4) is 11.3 Å². The Bertz CT molecular complexity index is 476. The number of aryl methyl sites for hydroxylation is 2. The van der Waals surface area contributed by atoms with Gasteiger partial charge in [0.1, 0.15) is 5.01 Å². The molecule has 0 bridgehead atoms. The molecule has 0 saturated heterocycles. The van der Waals surface area contributed by atoms with Gasteiger partial charge in [0.05, 0.1) is 11.6 Å². The Labute approximate surface area is 98.7 Å². The summed E-state index contributed by atoms with van der Waals surface area (Å²) < 4.78 is 0. The molecule has 1 aromatic heterocycles. The molecule has 1 aromatic carbocycles. The van der Waals surface area contributed by atoms with Gasteiger partial charge in [-0.1, -0.05) is 24.3 Å². The van der Waals surface area contributed by atoms with E-state index in [4.69, 9.17) is 11.6 Å². The summed E-state index contributed by atoms with van der Waals surface area (Å²) >= 11 is 7.46. The van der Waals surface area contributed by atoms with E-state index >= 15 is 0 Å². The van der Waals surface area contributed by atoms with Crippen molar-refractivity contribution in [1.29, 1.82) is 0 Å². The second-order valence-corrected chi connectivity index (χ2v) is 5.02. The van der Waals surface area contributed by atoms with Crippen LogP contribution in [0.5, 0.6) is 0 Å². The molecule has 2 aromatic rings. The third-order valence-electron chi connectivity index (χ3n) is 2.36. The predicted molar refractivity (Wildman–Crippen MR) is 66.6 cm³/mol. The minimum absolute atomic E-state index is 0.497. The number of thiazole rings is 1. The van der Waals surface area contributed by atoms with Gasteiger partial charge in [0.25, 0.3) is 0 Å². The van der Waals surface area contributed by atoms with Crippen LogP contribution in [0.25, 0.3) is 11.3 Å². The fourth-order valence-electron chi connectivity index (χ4n) is 1.60. The van der Waals surface area contributed by atoms with Crippen molar-refractivity contribution in [2.75, 3.05) is 0 Å². The fraction of sp³-hybridized carbons (Fsp3) is 0.250. The van der Waals surface area contributed by atoms with E-state index in [1.165, 1.54) is 16.0 Å². The van der Waals surface area contributed by atoms with Gasteiger partial charge in [-0.25, -0.2) is 4.98 Å². The first-order valence-corrected chi connectivity index (χ1v) is 6.15. The van der Waals surface area contributed by atoms with Crippen LogP contribution in [0.1, 0.15) is 15.4 Å². The first kappa shape index (κ1) is 10.7. The van der Waals surface area contributed by atoms with Crippen molar-refractivity contribution in [3.63, 3.8) is 0 Å². The summed E-state index contributed by atoms with van der Waals surface area (Å²) in [5.41, 5.74) is 3.54. The molecule has 0 radical (unpaired) electrons. The molecule has 0 aliphatic carbocycles. The first-order chi connectivity index (χ1) is 7.22. The minimum Gasteiger partial charge on any atom is -0.240 e. The summed E-state index contributed by atoms with van der Waals surface area (Å²) in [4.78, 5) is 5.78. The summed E-state index contributed by atoms with van der Waals surface area (Å²) in [6, 6.07) is 8.30. The molecule has 1 heterocycles. The summed E-state index contributed by atoms with van der Waals surface area (Å²) in [6.07, 6.45) is 0. The number of rotatable bonds is 2. The van der Waals surface area contributed by atoms with Gasteiger partial charge in [0.2, 0.25) is 0 Å². The SMILES string of the molecule is Cc1ccccc1-c1nc(CCl)sc1C. The number of alkyl halides is 1. The molecular formula is C12H12ClNS. The Morgan fingerprint density at radius 2 is 2.00 bits per heavy atom. The van der Waals surface area contributed by atoms with Gasteiger partial charge in [0, 0.05) is 10.4 Å². The Hall–Kier alpha value is -0.860. The van der Waals surface area contributed by atoms with Crippen LogP contribution in [0.3, 0.4) is 0 Å². The molecule has 2 rings (SSSR count). The lowest BCUT2D eigenvalue weighted by Crippen LogP contribution is -1.85. The van der Waals surface area contributed by atoms with Crippen LogP contribution in [0.2, 0.25) is 0 Å². The van der Waals surface area contributed by atoms with E-state index in [0.29, 0.717) is 5.88 Å². The molecule has 0 spiro atoms. The van der Waals surface area contributed by atoms with Crippen molar-refractivity contribution in [2.45, 2.75) is 19.7 Å². The van der Waals surface area contributed by atoms with Gasteiger partial charge < -0.3 is 0 Å². The van der Waals surface area contributed by atoms with E-state index in [0.717, 1.165) is 10.7 Å². The zero-order chi connectivity index (χ0) is 10.8. The summed E-state index contributed by atoms with van der Waals surface area (Å²) in [5.74, 6) is 0.497. The maximum absolute atomic E-state index is 5.79. The maximum Gasteiger partial charge on any atom is 0.108 e. The average Bonchev–Trinajstić information content (AvgIpc) is 2.60. The van der Waals surface area contributed by atoms with Crippen LogP contribution in [-0.2, 0) is 5.88 Å². The smallest absolute Gasteiger partial charge is 0.108 e. The Kier molecular flexibility index (Phi) is 3.08. The molecule has 0 aliphatic rings. The van der Waals surface area contributed by atoms with Crippen LogP contribution in [-0.4, -0.2) is 4.98 Å². The number of benzene rings is 1. The molecule has 3 heteroatoms. The van der Waals surface area contributed by atoms with E-state index in [9.17, 15) is 0 Å². The van der Waals surface area contributed by atoms with Gasteiger partial charge in [0.15, 0.2) is 0 Å². The first-order valence-electron chi connectivity index (χ1n) is 4.80. The van der Waals surface area contributed by atoms with E-state index in [2.05, 4.69) is 31.0 Å². The molecule has 1 nitrogen and oxygen atoms in total. The lowest BCUT2D eigenvalue weighted by atomic mass is 10.1. The van der Waals surface area contributed by atoms with Gasteiger partial charge in [-0.3, -0.25) is 0 Å². The Morgan fingerprint density at radius 3 is 2.60 bits per heavy atom. The molecule has 0 saturated carbocycles. The molecule has 78 valence electrons. The molecule has 0 aliphatic heterocycles. The Balaban J connectivity index is 2.54. The lowest BCUT2D eigenvalue weighted by Gasteiger charge is -2.02. The number of aromatic nitrogens is 1. The summed E-state index contributed by atoms with van der Waals surface area (Å²) in [7, 11) is 0. The number of nitrogens with zero attached hydrogens (tertiary/aromatic N) is 1. The van der Waals surface area contributed by atoms with Gasteiger partial charge >= 0.3 is 0 Å². The van der Waals surface area contributed by atoms with Crippen LogP contribution >= 0.6 is 22.9 Å².